The molecule has 14 nitrogen and oxygen atoms in total. The van der Waals surface area contributed by atoms with Crippen molar-refractivity contribution in [3.05, 3.63) is 71.9 Å². The molecular weight excluding hydrogens is 622 g/mol. The monoisotopic (exact) mass is 661 g/mol. The van der Waals surface area contributed by atoms with Gasteiger partial charge >= 0.3 is 6.03 Å². The molecule has 4 aromatic rings. The van der Waals surface area contributed by atoms with E-state index in [1.54, 1.807) is 50.5 Å². The van der Waals surface area contributed by atoms with Crippen LogP contribution in [0.2, 0.25) is 0 Å². The van der Waals surface area contributed by atoms with Crippen molar-refractivity contribution in [3.8, 4) is 11.4 Å². The molecule has 0 unspecified atom stereocenters. The number of amides is 3. The van der Waals surface area contributed by atoms with E-state index in [2.05, 4.69) is 26.5 Å². The highest BCUT2D eigenvalue weighted by atomic mass is 32.2. The van der Waals surface area contributed by atoms with Gasteiger partial charge < -0.3 is 25.2 Å². The number of aromatic nitrogens is 3. The first-order valence-electron chi connectivity index (χ1n) is 15.4. The predicted molar refractivity (Wildman–Crippen MR) is 180 cm³/mol. The van der Waals surface area contributed by atoms with Crippen molar-refractivity contribution in [2.75, 3.05) is 88.4 Å². The van der Waals surface area contributed by atoms with E-state index < -0.39 is 16.1 Å². The van der Waals surface area contributed by atoms with Crippen LogP contribution < -0.4 is 15.5 Å². The molecule has 0 spiro atoms. The highest BCUT2D eigenvalue weighted by Gasteiger charge is 2.25. The second kappa shape index (κ2) is 13.7. The lowest BCUT2D eigenvalue weighted by atomic mass is 10.2. The molecule has 0 atom stereocenters. The number of nitrogens with zero attached hydrogens (tertiary/aromatic N) is 7. The van der Waals surface area contributed by atoms with Gasteiger partial charge in [0.25, 0.3) is 5.91 Å². The summed E-state index contributed by atoms with van der Waals surface area (Å²) < 4.78 is 32.8. The van der Waals surface area contributed by atoms with E-state index in [-0.39, 0.29) is 5.91 Å². The van der Waals surface area contributed by atoms with E-state index in [0.717, 1.165) is 22.5 Å². The van der Waals surface area contributed by atoms with Crippen molar-refractivity contribution in [2.45, 2.75) is 6.54 Å². The maximum absolute atomic E-state index is 12.7. The van der Waals surface area contributed by atoms with Crippen LogP contribution in [0.25, 0.3) is 16.9 Å². The van der Waals surface area contributed by atoms with Gasteiger partial charge in [0.2, 0.25) is 10.0 Å². The molecule has 2 aromatic carbocycles. The molecule has 0 radical (unpaired) electrons. The van der Waals surface area contributed by atoms with Gasteiger partial charge in [-0.25, -0.2) is 22.7 Å². The Hall–Kier alpha value is -4.57. The molecule has 4 heterocycles. The molecule has 47 heavy (non-hydrogen) atoms. The highest BCUT2D eigenvalue weighted by Crippen LogP contribution is 2.27. The summed E-state index contributed by atoms with van der Waals surface area (Å²) in [5, 5.41) is 10.5. The first kappa shape index (κ1) is 32.4. The van der Waals surface area contributed by atoms with Gasteiger partial charge in [-0.2, -0.15) is 4.31 Å². The zero-order chi connectivity index (χ0) is 33.1. The Morgan fingerprint density at radius 2 is 1.51 bits per heavy atom. The molecule has 0 saturated carbocycles. The molecular formula is C32H39N9O5S. The maximum Gasteiger partial charge on any atom is 0.323 e. The lowest BCUT2D eigenvalue weighted by Crippen LogP contribution is -2.47. The second-order valence-electron chi connectivity index (χ2n) is 11.9. The molecule has 2 fully saturated rings. The normalized spacial score (nSPS) is 16.3. The van der Waals surface area contributed by atoms with Crippen LogP contribution in [0, 0.1) is 0 Å². The lowest BCUT2D eigenvalue weighted by Gasteiger charge is -2.32. The van der Waals surface area contributed by atoms with Gasteiger partial charge in [-0.05, 0) is 60.2 Å². The largest absolute Gasteiger partial charge is 0.378 e. The fourth-order valence-electron chi connectivity index (χ4n) is 5.68. The van der Waals surface area contributed by atoms with Crippen molar-refractivity contribution in [2.24, 2.45) is 0 Å². The summed E-state index contributed by atoms with van der Waals surface area (Å²) in [5.74, 6) is 1.26. The molecule has 15 heteroatoms. The quantitative estimate of drug-likeness (QED) is 0.291. The number of piperazine rings is 1. The minimum atomic E-state index is -3.19. The molecule has 2 aromatic heterocycles. The molecule has 2 aliphatic heterocycles. The minimum absolute atomic E-state index is 0.110. The average Bonchev–Trinajstić information content (AvgIpc) is 3.47. The Morgan fingerprint density at radius 3 is 2.11 bits per heavy atom. The summed E-state index contributed by atoms with van der Waals surface area (Å²) in [4.78, 5) is 35.7. The molecule has 248 valence electrons. The molecule has 2 saturated heterocycles. The van der Waals surface area contributed by atoms with Gasteiger partial charge in [0.15, 0.2) is 11.6 Å². The Bertz CT molecular complexity index is 1850. The molecule has 2 N–H and O–H groups in total. The summed E-state index contributed by atoms with van der Waals surface area (Å²) >= 11 is 0. The standard InChI is InChI=1S/C32H39N9O5S/c1-37(2)31(42)25-6-10-27(11-7-25)34-32(43)33-26-8-4-24(5-9-26)29-35-30(39-16-18-46-19-17-39)28-20-23(22-41(28)36-29)21-38-12-14-40(15-13-38)47(3,44)45/h4-11,20,22H,12-19,21H2,1-3H3,(H2,33,34,43). The van der Waals surface area contributed by atoms with Crippen LogP contribution in [-0.4, -0.2) is 122 Å². The van der Waals surface area contributed by atoms with Crippen molar-refractivity contribution < 1.29 is 22.7 Å². The maximum atomic E-state index is 12.7. The molecule has 0 aliphatic carbocycles. The fraction of sp³-hybridized carbons (Fsp3) is 0.375. The van der Waals surface area contributed by atoms with Crippen LogP contribution in [0.15, 0.2) is 60.8 Å². The number of sulfonamides is 1. The number of carbonyl (C=O) groups excluding carboxylic acids is 2. The van der Waals surface area contributed by atoms with Gasteiger partial charge in [0.05, 0.1) is 19.5 Å². The highest BCUT2D eigenvalue weighted by molar-refractivity contribution is 7.88. The SMILES string of the molecule is CN(C)C(=O)c1ccc(NC(=O)Nc2ccc(-c3nc(N4CCOCC4)c4cc(CN5CCN(S(C)(=O)=O)CC5)cn4n3)cc2)cc1. The van der Waals surface area contributed by atoms with Gasteiger partial charge in [-0.15, -0.1) is 5.10 Å². The Balaban J connectivity index is 1.17. The third kappa shape index (κ3) is 7.71. The molecule has 0 bridgehead atoms. The van der Waals surface area contributed by atoms with Gasteiger partial charge in [0.1, 0.15) is 5.52 Å². The molecule has 2 aliphatic rings. The van der Waals surface area contributed by atoms with Crippen LogP contribution in [0.5, 0.6) is 0 Å². The predicted octanol–water partition coefficient (Wildman–Crippen LogP) is 2.66. The number of anilines is 3. The average molecular weight is 662 g/mol. The van der Waals surface area contributed by atoms with Crippen LogP contribution in [-0.2, 0) is 21.3 Å². The van der Waals surface area contributed by atoms with Crippen LogP contribution in [0.4, 0.5) is 22.0 Å². The smallest absolute Gasteiger partial charge is 0.323 e. The second-order valence-corrected chi connectivity index (χ2v) is 13.9. The summed E-state index contributed by atoms with van der Waals surface area (Å²) in [6, 6.07) is 15.7. The number of hydrogen-bond donors (Lipinski definition) is 2. The van der Waals surface area contributed by atoms with Gasteiger partial charge in [0, 0.05) is 88.6 Å². The number of benzene rings is 2. The molecule has 6 rings (SSSR count). The summed E-state index contributed by atoms with van der Waals surface area (Å²) in [5.41, 5.74) is 4.46. The topological polar surface area (TPSA) is 145 Å². The number of nitrogens with one attached hydrogen (secondary N) is 2. The number of carbonyl (C=O) groups is 2. The number of morpholine rings is 1. The summed E-state index contributed by atoms with van der Waals surface area (Å²) in [7, 11) is 0.192. The first-order valence-corrected chi connectivity index (χ1v) is 17.3. The third-order valence-electron chi connectivity index (χ3n) is 8.21. The lowest BCUT2D eigenvalue weighted by molar-refractivity contribution is 0.0827. The number of rotatable bonds is 8. The van der Waals surface area contributed by atoms with E-state index in [1.165, 1.54) is 15.5 Å². The van der Waals surface area contributed by atoms with Crippen molar-refractivity contribution in [3.63, 3.8) is 0 Å². The Morgan fingerprint density at radius 1 is 0.894 bits per heavy atom. The van der Waals surface area contributed by atoms with Crippen molar-refractivity contribution in [1.82, 2.24) is 28.7 Å². The summed E-state index contributed by atoms with van der Waals surface area (Å²) in [6.07, 6.45) is 3.27. The Labute approximate surface area is 274 Å². The van der Waals surface area contributed by atoms with Crippen LogP contribution >= 0.6 is 0 Å². The molecule has 3 amide bonds. The number of ether oxygens (including phenoxy) is 1. The Kier molecular flexibility index (Phi) is 9.40. The van der Waals surface area contributed by atoms with E-state index in [4.69, 9.17) is 14.8 Å². The van der Waals surface area contributed by atoms with E-state index >= 15 is 0 Å². The fourth-order valence-corrected chi connectivity index (χ4v) is 6.51. The third-order valence-corrected chi connectivity index (χ3v) is 9.52. The van der Waals surface area contributed by atoms with Gasteiger partial charge in [-0.3, -0.25) is 9.69 Å². The van der Waals surface area contributed by atoms with E-state index in [0.29, 0.717) is 81.8 Å². The number of urea groups is 1. The van der Waals surface area contributed by atoms with Crippen molar-refractivity contribution in [1.29, 1.82) is 0 Å². The minimum Gasteiger partial charge on any atom is -0.378 e. The van der Waals surface area contributed by atoms with E-state index in [1.807, 2.05) is 22.8 Å². The first-order chi connectivity index (χ1) is 22.5. The zero-order valence-electron chi connectivity index (χ0n) is 26.7. The van der Waals surface area contributed by atoms with Gasteiger partial charge in [-0.1, -0.05) is 0 Å². The van der Waals surface area contributed by atoms with Crippen LogP contribution in [0.3, 0.4) is 0 Å². The summed E-state index contributed by atoms with van der Waals surface area (Å²) in [6.45, 7) is 5.62. The zero-order valence-corrected chi connectivity index (χ0v) is 27.5. The van der Waals surface area contributed by atoms with Crippen molar-refractivity contribution >= 4 is 44.7 Å². The van der Waals surface area contributed by atoms with Crippen LogP contribution in [0.1, 0.15) is 15.9 Å². The number of fused-ring (bicyclic) bond motifs is 1. The van der Waals surface area contributed by atoms with E-state index in [9.17, 15) is 18.0 Å². The number of hydrogen-bond acceptors (Lipinski definition) is 9.